The summed E-state index contributed by atoms with van der Waals surface area (Å²) in [5.41, 5.74) is 2.68. The second kappa shape index (κ2) is 11.9. The first kappa shape index (κ1) is 24.8. The fraction of sp³-hybridized carbons (Fsp3) is 0.259. The van der Waals surface area contributed by atoms with E-state index in [4.69, 9.17) is 23.2 Å². The molecule has 6 heteroatoms. The molecule has 2 amide bonds. The first-order valence-electron chi connectivity index (χ1n) is 10.9. The maximum atomic E-state index is 13.6. The summed E-state index contributed by atoms with van der Waals surface area (Å²) in [6.07, 6.45) is 0.574. The zero-order chi connectivity index (χ0) is 23.8. The lowest BCUT2D eigenvalue weighted by molar-refractivity contribution is -0.141. The minimum atomic E-state index is -0.673. The van der Waals surface area contributed by atoms with E-state index in [0.717, 1.165) is 16.7 Å². The number of benzene rings is 3. The third-order valence-corrected chi connectivity index (χ3v) is 5.70. The van der Waals surface area contributed by atoms with Gasteiger partial charge >= 0.3 is 0 Å². The molecule has 0 aliphatic carbocycles. The summed E-state index contributed by atoms with van der Waals surface area (Å²) in [5.74, 6) is -0.322. The maximum absolute atomic E-state index is 13.6. The SMILES string of the molecule is CC(C)NC(=O)C(Cc1ccccc1)N(Cc1cccc(Cl)c1)C(=O)Cc1ccc(Cl)cc1. The van der Waals surface area contributed by atoms with Gasteiger partial charge in [-0.3, -0.25) is 9.59 Å². The lowest BCUT2D eigenvalue weighted by Crippen LogP contribution is -2.52. The van der Waals surface area contributed by atoms with Crippen molar-refractivity contribution in [1.29, 1.82) is 0 Å². The van der Waals surface area contributed by atoms with E-state index in [-0.39, 0.29) is 30.8 Å². The summed E-state index contributed by atoms with van der Waals surface area (Å²) in [6.45, 7) is 4.10. The van der Waals surface area contributed by atoms with Crippen LogP contribution in [-0.4, -0.2) is 28.8 Å². The highest BCUT2D eigenvalue weighted by Gasteiger charge is 2.30. The first-order chi connectivity index (χ1) is 15.8. The number of nitrogens with one attached hydrogen (secondary N) is 1. The van der Waals surface area contributed by atoms with Gasteiger partial charge in [0.05, 0.1) is 6.42 Å². The third kappa shape index (κ3) is 7.62. The second-order valence-corrected chi connectivity index (χ2v) is 9.20. The Morgan fingerprint density at radius 2 is 1.48 bits per heavy atom. The predicted molar refractivity (Wildman–Crippen MR) is 134 cm³/mol. The number of carbonyl (C=O) groups is 2. The largest absolute Gasteiger partial charge is 0.352 e. The van der Waals surface area contributed by atoms with E-state index in [0.29, 0.717) is 16.5 Å². The quantitative estimate of drug-likeness (QED) is 0.425. The molecule has 0 saturated heterocycles. The van der Waals surface area contributed by atoms with Crippen LogP contribution in [-0.2, 0) is 29.0 Å². The summed E-state index contributed by atoms with van der Waals surface area (Å²) in [5, 5.41) is 4.19. The molecule has 0 fully saturated rings. The van der Waals surface area contributed by atoms with Gasteiger partial charge in [0.1, 0.15) is 6.04 Å². The normalized spacial score (nSPS) is 11.8. The Morgan fingerprint density at radius 3 is 2.12 bits per heavy atom. The molecule has 1 N–H and O–H groups in total. The van der Waals surface area contributed by atoms with E-state index in [1.165, 1.54) is 0 Å². The minimum absolute atomic E-state index is 0.0461. The lowest BCUT2D eigenvalue weighted by Gasteiger charge is -2.32. The van der Waals surface area contributed by atoms with Crippen molar-refractivity contribution in [2.75, 3.05) is 0 Å². The molecule has 0 radical (unpaired) electrons. The van der Waals surface area contributed by atoms with Crippen LogP contribution in [0, 0.1) is 0 Å². The maximum Gasteiger partial charge on any atom is 0.243 e. The van der Waals surface area contributed by atoms with Gasteiger partial charge in [0.15, 0.2) is 0 Å². The highest BCUT2D eigenvalue weighted by Crippen LogP contribution is 2.19. The van der Waals surface area contributed by atoms with E-state index in [9.17, 15) is 9.59 Å². The molecule has 3 aromatic rings. The molecular formula is C27H28Cl2N2O2. The fourth-order valence-electron chi connectivity index (χ4n) is 3.65. The Balaban J connectivity index is 1.96. The van der Waals surface area contributed by atoms with Gasteiger partial charge in [-0.1, -0.05) is 77.8 Å². The van der Waals surface area contributed by atoms with Gasteiger partial charge in [0.2, 0.25) is 11.8 Å². The zero-order valence-corrected chi connectivity index (χ0v) is 20.3. The molecule has 172 valence electrons. The smallest absolute Gasteiger partial charge is 0.243 e. The topological polar surface area (TPSA) is 49.4 Å². The van der Waals surface area contributed by atoms with Crippen molar-refractivity contribution in [3.8, 4) is 0 Å². The van der Waals surface area contributed by atoms with E-state index in [1.54, 1.807) is 23.1 Å². The predicted octanol–water partition coefficient (Wildman–Crippen LogP) is 5.70. The summed E-state index contributed by atoms with van der Waals surface area (Å²) in [7, 11) is 0. The molecule has 0 bridgehead atoms. The molecule has 0 saturated carbocycles. The van der Waals surface area contributed by atoms with Gasteiger partial charge < -0.3 is 10.2 Å². The van der Waals surface area contributed by atoms with E-state index in [1.807, 2.05) is 74.5 Å². The molecule has 0 aromatic heterocycles. The zero-order valence-electron chi connectivity index (χ0n) is 18.8. The van der Waals surface area contributed by atoms with Crippen LogP contribution in [0.25, 0.3) is 0 Å². The van der Waals surface area contributed by atoms with E-state index < -0.39 is 6.04 Å². The van der Waals surface area contributed by atoms with Crippen molar-refractivity contribution in [3.63, 3.8) is 0 Å². The number of carbonyl (C=O) groups excluding carboxylic acids is 2. The lowest BCUT2D eigenvalue weighted by atomic mass is 10.0. The number of nitrogens with zero attached hydrogens (tertiary/aromatic N) is 1. The van der Waals surface area contributed by atoms with Crippen molar-refractivity contribution < 1.29 is 9.59 Å². The fourth-order valence-corrected chi connectivity index (χ4v) is 3.98. The number of halogens is 2. The molecule has 0 aliphatic rings. The molecule has 0 heterocycles. The third-order valence-electron chi connectivity index (χ3n) is 5.21. The summed E-state index contributed by atoms with van der Waals surface area (Å²) in [6, 6.07) is 23.6. The number of rotatable bonds is 9. The van der Waals surface area contributed by atoms with Gasteiger partial charge in [0, 0.05) is 29.1 Å². The molecule has 33 heavy (non-hydrogen) atoms. The standard InChI is InChI=1S/C27H28Cl2N2O2/c1-19(2)30-27(33)25(16-20-7-4-3-5-8-20)31(18-22-9-6-10-24(29)15-22)26(32)17-21-11-13-23(28)14-12-21/h3-15,19,25H,16-18H2,1-2H3,(H,30,33). The average molecular weight is 483 g/mol. The molecule has 1 atom stereocenters. The van der Waals surface area contributed by atoms with Gasteiger partial charge in [-0.2, -0.15) is 0 Å². The highest BCUT2D eigenvalue weighted by atomic mass is 35.5. The van der Waals surface area contributed by atoms with Crippen molar-refractivity contribution in [1.82, 2.24) is 10.2 Å². The number of hydrogen-bond acceptors (Lipinski definition) is 2. The van der Waals surface area contributed by atoms with Crippen LogP contribution < -0.4 is 5.32 Å². The Labute approximate surface area is 205 Å². The Kier molecular flexibility index (Phi) is 8.93. The number of amides is 2. The molecule has 4 nitrogen and oxygen atoms in total. The first-order valence-corrected chi connectivity index (χ1v) is 11.7. The van der Waals surface area contributed by atoms with Crippen molar-refractivity contribution in [3.05, 3.63) is 106 Å². The molecule has 0 aliphatic heterocycles. The van der Waals surface area contributed by atoms with Crippen molar-refractivity contribution >= 4 is 35.0 Å². The summed E-state index contributed by atoms with van der Waals surface area (Å²) >= 11 is 12.2. The molecular weight excluding hydrogens is 455 g/mol. The highest BCUT2D eigenvalue weighted by molar-refractivity contribution is 6.30. The monoisotopic (exact) mass is 482 g/mol. The second-order valence-electron chi connectivity index (χ2n) is 8.32. The van der Waals surface area contributed by atoms with Gasteiger partial charge in [-0.25, -0.2) is 0 Å². The van der Waals surface area contributed by atoms with Crippen molar-refractivity contribution in [2.24, 2.45) is 0 Å². The van der Waals surface area contributed by atoms with Crippen molar-refractivity contribution in [2.45, 2.75) is 45.3 Å². The number of hydrogen-bond donors (Lipinski definition) is 1. The molecule has 0 spiro atoms. The molecule has 3 aromatic carbocycles. The van der Waals surface area contributed by atoms with Crippen LogP contribution in [0.15, 0.2) is 78.9 Å². The van der Waals surface area contributed by atoms with E-state index >= 15 is 0 Å². The Morgan fingerprint density at radius 1 is 0.818 bits per heavy atom. The van der Waals surface area contributed by atoms with Crippen LogP contribution in [0.2, 0.25) is 10.0 Å². The average Bonchev–Trinajstić information content (AvgIpc) is 2.78. The Bertz CT molecular complexity index is 1070. The van der Waals surface area contributed by atoms with Crippen LogP contribution in [0.3, 0.4) is 0 Å². The van der Waals surface area contributed by atoms with Gasteiger partial charge in [0.25, 0.3) is 0 Å². The van der Waals surface area contributed by atoms with Gasteiger partial charge in [-0.15, -0.1) is 0 Å². The minimum Gasteiger partial charge on any atom is -0.352 e. The summed E-state index contributed by atoms with van der Waals surface area (Å²) < 4.78 is 0. The van der Waals surface area contributed by atoms with Crippen LogP contribution in [0.5, 0.6) is 0 Å². The van der Waals surface area contributed by atoms with Crippen LogP contribution in [0.1, 0.15) is 30.5 Å². The van der Waals surface area contributed by atoms with E-state index in [2.05, 4.69) is 5.32 Å². The van der Waals surface area contributed by atoms with Crippen LogP contribution >= 0.6 is 23.2 Å². The van der Waals surface area contributed by atoms with Gasteiger partial charge in [-0.05, 0) is 54.8 Å². The summed E-state index contributed by atoms with van der Waals surface area (Å²) in [4.78, 5) is 28.6. The molecule has 3 rings (SSSR count). The van der Waals surface area contributed by atoms with Crippen LogP contribution in [0.4, 0.5) is 0 Å². The molecule has 1 unspecified atom stereocenters. The Hall–Kier alpha value is -2.82.